The van der Waals surface area contributed by atoms with Gasteiger partial charge in [-0.1, -0.05) is 10.4 Å². The fourth-order valence-corrected chi connectivity index (χ4v) is 5.07. The lowest BCUT2D eigenvalue weighted by atomic mass is 9.88. The highest BCUT2D eigenvalue weighted by Gasteiger charge is 2.46. The summed E-state index contributed by atoms with van der Waals surface area (Å²) in [5.41, 5.74) is -1.36. The van der Waals surface area contributed by atoms with Gasteiger partial charge in [-0.2, -0.15) is 0 Å². The summed E-state index contributed by atoms with van der Waals surface area (Å²) >= 11 is 0. The molecule has 5 rings (SSSR count). The van der Waals surface area contributed by atoms with Crippen LogP contribution in [0.3, 0.4) is 0 Å². The van der Waals surface area contributed by atoms with Crippen LogP contribution in [-0.4, -0.2) is 101 Å². The maximum Gasteiger partial charge on any atom is 0.407 e. The van der Waals surface area contributed by atoms with Crippen molar-refractivity contribution in [3.05, 3.63) is 53.3 Å². The van der Waals surface area contributed by atoms with Gasteiger partial charge >= 0.3 is 6.09 Å². The highest BCUT2D eigenvalue weighted by molar-refractivity contribution is 5.65. The Bertz CT molecular complexity index is 1350. The number of piperidine rings is 1. The number of benzene rings is 1. The number of likely N-dealkylation sites (tertiary alicyclic amines) is 1. The molecule has 5 atom stereocenters. The molecule has 13 nitrogen and oxygen atoms in total. The number of ether oxygens (including phenoxy) is 1. The van der Waals surface area contributed by atoms with Crippen LogP contribution in [0.1, 0.15) is 30.3 Å². The van der Waals surface area contributed by atoms with Crippen molar-refractivity contribution in [3.8, 4) is 11.3 Å². The van der Waals surface area contributed by atoms with Crippen LogP contribution in [0.25, 0.3) is 11.3 Å². The van der Waals surface area contributed by atoms with Crippen LogP contribution in [-0.2, 0) is 16.8 Å². The minimum Gasteiger partial charge on any atom is -0.465 e. The minimum absolute atomic E-state index is 0.0656. The van der Waals surface area contributed by atoms with Crippen LogP contribution < -0.4 is 0 Å². The molecule has 4 heterocycles. The first-order valence-electron chi connectivity index (χ1n) is 12.4. The number of aliphatic hydroxyl groups excluding tert-OH is 3. The number of amides is 1. The molecule has 16 heteroatoms. The van der Waals surface area contributed by atoms with E-state index in [1.807, 2.05) is 0 Å². The molecule has 0 radical (unpaired) electrons. The fourth-order valence-electron chi connectivity index (χ4n) is 5.07. The number of aromatic nitrogens is 4. The summed E-state index contributed by atoms with van der Waals surface area (Å²) in [6.07, 6.45) is -4.91. The lowest BCUT2D eigenvalue weighted by Gasteiger charge is -2.42. The van der Waals surface area contributed by atoms with Crippen LogP contribution in [0.15, 0.2) is 28.9 Å². The Kier molecular flexibility index (Phi) is 7.54. The standard InChI is InChI=1S/C24H26F3N5O8/c25-13-5-11(6-14(26)19(13)27)15-9-32(30-28-15)20-21(34)16(39-17(10-33)22(20)35)7-12-8-18(40-29-12)24(38)1-3-31(4-2-24)23(36)37/h5-6,8-9,16-17,20-22,33-35,38H,1-4,7,10H2,(H,36,37)/t16-,17-,20-,21+,22+/m1/s1. The predicted octanol–water partition coefficient (Wildman–Crippen LogP) is 0.577. The first kappa shape index (κ1) is 28.0. The SMILES string of the molecule is O=C(O)N1CCC(O)(c2cc(C[C@H]3O[C@H](CO)[C@H](O)[C@H](n4cc(-c5cc(F)c(F)c(F)c5)nn4)[C@H]3O)no2)CC1. The van der Waals surface area contributed by atoms with Gasteiger partial charge in [-0.25, -0.2) is 22.6 Å². The third-order valence-electron chi connectivity index (χ3n) is 7.38. The summed E-state index contributed by atoms with van der Waals surface area (Å²) < 4.78 is 52.9. The maximum absolute atomic E-state index is 13.7. The summed E-state index contributed by atoms with van der Waals surface area (Å²) in [4.78, 5) is 12.3. The zero-order valence-corrected chi connectivity index (χ0v) is 20.8. The van der Waals surface area contributed by atoms with Crippen LogP contribution in [0, 0.1) is 17.5 Å². The Morgan fingerprint density at radius 1 is 1.07 bits per heavy atom. The number of hydrogen-bond donors (Lipinski definition) is 5. The van der Waals surface area contributed by atoms with Crippen LogP contribution >= 0.6 is 0 Å². The second kappa shape index (κ2) is 10.8. The van der Waals surface area contributed by atoms with E-state index < -0.39 is 66.2 Å². The summed E-state index contributed by atoms with van der Waals surface area (Å²) in [6.45, 7) is -0.428. The molecule has 2 aromatic heterocycles. The molecule has 2 aliphatic rings. The lowest BCUT2D eigenvalue weighted by Crippen LogP contribution is -2.56. The highest BCUT2D eigenvalue weighted by atomic mass is 19.2. The smallest absolute Gasteiger partial charge is 0.407 e. The molecule has 0 spiro atoms. The van der Waals surface area contributed by atoms with Gasteiger partial charge in [-0.15, -0.1) is 5.10 Å². The van der Waals surface area contributed by atoms with Gasteiger partial charge in [0.2, 0.25) is 0 Å². The first-order chi connectivity index (χ1) is 19.0. The zero-order valence-electron chi connectivity index (χ0n) is 20.8. The Morgan fingerprint density at radius 2 is 1.73 bits per heavy atom. The molecule has 0 bridgehead atoms. The van der Waals surface area contributed by atoms with Crippen molar-refractivity contribution in [2.75, 3.05) is 19.7 Å². The number of nitrogens with zero attached hydrogens (tertiary/aromatic N) is 5. The van der Waals surface area contributed by atoms with Gasteiger partial charge < -0.3 is 39.7 Å². The molecule has 40 heavy (non-hydrogen) atoms. The van der Waals surface area contributed by atoms with Crippen molar-refractivity contribution in [1.29, 1.82) is 0 Å². The second-order valence-electron chi connectivity index (χ2n) is 9.89. The summed E-state index contributed by atoms with van der Waals surface area (Å²) in [5.74, 6) is -4.39. The first-order valence-corrected chi connectivity index (χ1v) is 12.4. The molecule has 1 amide bonds. The Labute approximate surface area is 224 Å². The molecule has 0 aliphatic carbocycles. The van der Waals surface area contributed by atoms with E-state index in [2.05, 4.69) is 15.5 Å². The van der Waals surface area contributed by atoms with E-state index in [1.165, 1.54) is 17.2 Å². The van der Waals surface area contributed by atoms with Gasteiger partial charge in [0.1, 0.15) is 35.6 Å². The molecule has 0 saturated carbocycles. The maximum atomic E-state index is 13.7. The lowest BCUT2D eigenvalue weighted by molar-refractivity contribution is -0.205. The molecular weight excluding hydrogens is 543 g/mol. The van der Waals surface area contributed by atoms with E-state index in [0.717, 1.165) is 16.8 Å². The number of carbonyl (C=O) groups is 1. The third-order valence-corrected chi connectivity index (χ3v) is 7.38. The van der Waals surface area contributed by atoms with Crippen molar-refractivity contribution in [1.82, 2.24) is 25.1 Å². The van der Waals surface area contributed by atoms with E-state index >= 15 is 0 Å². The van der Waals surface area contributed by atoms with Crippen LogP contribution in [0.4, 0.5) is 18.0 Å². The van der Waals surface area contributed by atoms with E-state index in [4.69, 9.17) is 14.4 Å². The topological polar surface area (TPSA) is 187 Å². The summed E-state index contributed by atoms with van der Waals surface area (Å²) in [7, 11) is 0. The second-order valence-corrected chi connectivity index (χ2v) is 9.89. The Hall–Kier alpha value is -3.57. The normalized spacial score (nSPS) is 26.7. The molecule has 2 saturated heterocycles. The molecule has 5 N–H and O–H groups in total. The summed E-state index contributed by atoms with van der Waals surface area (Å²) in [5, 5.41) is 63.4. The zero-order chi connectivity index (χ0) is 28.8. The summed E-state index contributed by atoms with van der Waals surface area (Å²) in [6, 6.07) is 1.70. The van der Waals surface area contributed by atoms with Crippen molar-refractivity contribution in [2.45, 2.75) is 55.3 Å². The van der Waals surface area contributed by atoms with Crippen molar-refractivity contribution >= 4 is 6.09 Å². The van der Waals surface area contributed by atoms with E-state index in [0.29, 0.717) is 0 Å². The van der Waals surface area contributed by atoms with Gasteiger partial charge in [0, 0.05) is 44.0 Å². The Morgan fingerprint density at radius 3 is 2.35 bits per heavy atom. The molecule has 1 aromatic carbocycles. The predicted molar refractivity (Wildman–Crippen MR) is 125 cm³/mol. The molecular formula is C24H26F3N5O8. The van der Waals surface area contributed by atoms with Crippen LogP contribution in [0.5, 0.6) is 0 Å². The van der Waals surface area contributed by atoms with Gasteiger partial charge in [0.25, 0.3) is 0 Å². The molecule has 0 unspecified atom stereocenters. The third kappa shape index (κ3) is 5.15. The van der Waals surface area contributed by atoms with Crippen molar-refractivity contribution in [3.63, 3.8) is 0 Å². The van der Waals surface area contributed by atoms with Crippen molar-refractivity contribution in [2.24, 2.45) is 0 Å². The van der Waals surface area contributed by atoms with Gasteiger partial charge in [-0.05, 0) is 12.1 Å². The van der Waals surface area contributed by atoms with E-state index in [-0.39, 0.29) is 55.1 Å². The number of carboxylic acid groups (broad SMARTS) is 1. The number of aliphatic hydroxyl groups is 4. The minimum atomic E-state index is -1.64. The average molecular weight is 569 g/mol. The van der Waals surface area contributed by atoms with E-state index in [1.54, 1.807) is 0 Å². The fraction of sp³-hybridized carbons (Fsp3) is 0.500. The van der Waals surface area contributed by atoms with Crippen LogP contribution in [0.2, 0.25) is 0 Å². The highest BCUT2D eigenvalue weighted by Crippen LogP contribution is 2.35. The number of hydrogen-bond acceptors (Lipinski definition) is 10. The van der Waals surface area contributed by atoms with Crippen molar-refractivity contribution < 1.29 is 52.8 Å². The van der Waals surface area contributed by atoms with Gasteiger partial charge in [0.05, 0.1) is 24.6 Å². The largest absolute Gasteiger partial charge is 0.465 e. The molecule has 2 fully saturated rings. The average Bonchev–Trinajstić information content (AvgIpc) is 3.60. The quantitative estimate of drug-likeness (QED) is 0.261. The van der Waals surface area contributed by atoms with E-state index in [9.17, 15) is 38.4 Å². The number of halogens is 3. The number of rotatable bonds is 6. The Balaban J connectivity index is 1.34. The van der Waals surface area contributed by atoms with Gasteiger partial charge in [0.15, 0.2) is 23.2 Å². The molecule has 2 aliphatic heterocycles. The molecule has 216 valence electrons. The van der Waals surface area contributed by atoms with Gasteiger partial charge in [-0.3, -0.25) is 0 Å². The molecule has 3 aromatic rings. The monoisotopic (exact) mass is 569 g/mol.